The number of phenolic OH excluding ortho intramolecular Hbond substituents is 1. The highest BCUT2D eigenvalue weighted by Gasteiger charge is 2.37. The van der Waals surface area contributed by atoms with Crippen LogP contribution in [0.25, 0.3) is 44.7 Å². The van der Waals surface area contributed by atoms with Crippen LogP contribution in [0, 0.1) is 27.2 Å². The summed E-state index contributed by atoms with van der Waals surface area (Å²) in [7, 11) is 0. The predicted molar refractivity (Wildman–Crippen MR) is 215 cm³/mol. The monoisotopic (exact) mass is 808 g/mol. The lowest BCUT2D eigenvalue weighted by atomic mass is 9.90. The molecule has 5 N–H and O–H groups in total. The summed E-state index contributed by atoms with van der Waals surface area (Å²) in [5, 5.41) is 54.6. The van der Waals surface area contributed by atoms with E-state index in [1.165, 1.54) is 12.1 Å². The van der Waals surface area contributed by atoms with Gasteiger partial charge in [0.1, 0.15) is 23.1 Å². The molecule has 2 atom stereocenters. The highest BCUT2D eigenvalue weighted by Crippen LogP contribution is 2.43. The van der Waals surface area contributed by atoms with Crippen molar-refractivity contribution in [2.24, 2.45) is 0 Å². The van der Waals surface area contributed by atoms with Gasteiger partial charge >= 0.3 is 17.6 Å². The number of fused-ring (bicyclic) bond motifs is 8. The number of aromatic nitrogens is 5. The molecule has 300 valence electrons. The molecule has 0 spiro atoms. The molecule has 5 aromatic heterocycles. The first kappa shape index (κ1) is 36.6. The summed E-state index contributed by atoms with van der Waals surface area (Å²) in [5.74, 6) is -1.20. The number of hydrogen-bond donors (Lipinski definition) is 5. The summed E-state index contributed by atoms with van der Waals surface area (Å²) in [5.41, 5.74) is 6.25. The fourth-order valence-electron chi connectivity index (χ4n) is 8.83. The minimum atomic E-state index is -1.09. The number of carboxylic acid groups (broad SMARTS) is 1. The van der Waals surface area contributed by atoms with Gasteiger partial charge in [-0.15, -0.1) is 0 Å². The van der Waals surface area contributed by atoms with Crippen molar-refractivity contribution in [3.8, 4) is 28.5 Å². The SMILES string of the molecule is Cc1c(C2CC[N+]3=C(NC(C(=O)Nc4ccc5c(n4)-c4nc6c(O)c([N+](=O)[O-])cc([N+](=O)[O-])c6cc4CC5)CC3)N2)cnc2nc3c(cc12)CCc1ccc(C(=O)O)nc1-3. The molecule has 60 heavy (non-hydrogen) atoms. The van der Waals surface area contributed by atoms with E-state index in [0.29, 0.717) is 59.8 Å². The number of carboxylic acids is 1. The van der Waals surface area contributed by atoms with E-state index in [4.69, 9.17) is 15.0 Å². The molecule has 7 heterocycles. The van der Waals surface area contributed by atoms with Gasteiger partial charge in [-0.1, -0.05) is 12.1 Å². The van der Waals surface area contributed by atoms with Crippen LogP contribution in [0.2, 0.25) is 0 Å². The number of phenols is 1. The van der Waals surface area contributed by atoms with Crippen LogP contribution in [-0.2, 0) is 30.5 Å². The van der Waals surface area contributed by atoms with Crippen LogP contribution in [0.3, 0.4) is 0 Å². The largest absolute Gasteiger partial charge is 0.501 e. The smallest absolute Gasteiger partial charge is 0.354 e. The molecular weight excluding hydrogens is 775 g/mol. The zero-order chi connectivity index (χ0) is 41.6. The Morgan fingerprint density at radius 1 is 0.800 bits per heavy atom. The molecule has 0 saturated carbocycles. The minimum absolute atomic E-state index is 0.0194. The van der Waals surface area contributed by atoms with Gasteiger partial charge in [-0.25, -0.2) is 29.7 Å². The number of benzene rings is 1. The highest BCUT2D eigenvalue weighted by molar-refractivity contribution is 5.99. The van der Waals surface area contributed by atoms with Gasteiger partial charge in [0.05, 0.1) is 57.2 Å². The van der Waals surface area contributed by atoms with E-state index in [2.05, 4.69) is 36.6 Å². The molecule has 6 aromatic rings. The Kier molecular flexibility index (Phi) is 8.37. The third-order valence-electron chi connectivity index (χ3n) is 12.0. The zero-order valence-corrected chi connectivity index (χ0v) is 31.9. The summed E-state index contributed by atoms with van der Waals surface area (Å²) >= 11 is 0. The quantitative estimate of drug-likeness (QED) is 0.0885. The molecule has 1 aromatic carbocycles. The van der Waals surface area contributed by atoms with Crippen molar-refractivity contribution in [2.45, 2.75) is 57.5 Å². The number of nitro benzene ring substituents is 2. The molecule has 2 unspecified atom stereocenters. The Balaban J connectivity index is 0.879. The normalized spacial score (nSPS) is 17.6. The number of amides is 1. The number of nitrogens with zero attached hydrogens (tertiary/aromatic N) is 8. The standard InChI is InChI=1S/C41H33N11O8/c1-18-23-14-21-4-2-19-6-8-28(40(55)56)43-32(19)35(21)49-38(23)42-17-25(18)26-10-12-50-13-11-27(45-41(50)44-26)39(54)47-31-9-7-20-3-5-22-15-24-29(51(57)58)16-30(52(59)60)37(53)36(24)48-34(22)33(20)46-31/h6-9,14-17,26-27H,2-5,10-13H2,1H3,(H4,44,45,46,47,53,54,55,56)/p+1. The van der Waals surface area contributed by atoms with E-state index in [0.717, 1.165) is 71.0 Å². The van der Waals surface area contributed by atoms with E-state index in [1.54, 1.807) is 6.07 Å². The molecule has 19 heteroatoms. The third-order valence-corrected chi connectivity index (χ3v) is 12.0. The summed E-state index contributed by atoms with van der Waals surface area (Å²) in [4.78, 5) is 70.5. The van der Waals surface area contributed by atoms with Gasteiger partial charge in [-0.3, -0.25) is 40.2 Å². The number of carbonyl (C=O) groups is 2. The van der Waals surface area contributed by atoms with Crippen molar-refractivity contribution in [1.29, 1.82) is 0 Å². The first-order valence-electron chi connectivity index (χ1n) is 19.4. The topological polar surface area (TPSA) is 264 Å². The number of aromatic hydroxyl groups is 1. The Hall–Kier alpha value is -7.70. The van der Waals surface area contributed by atoms with Gasteiger partial charge < -0.3 is 15.5 Å². The number of pyridine rings is 5. The van der Waals surface area contributed by atoms with Gasteiger partial charge in [0.15, 0.2) is 11.7 Å². The van der Waals surface area contributed by atoms with Crippen LogP contribution < -0.4 is 16.0 Å². The molecule has 0 radical (unpaired) electrons. The van der Waals surface area contributed by atoms with E-state index < -0.39 is 39.0 Å². The van der Waals surface area contributed by atoms with Gasteiger partial charge in [0.2, 0.25) is 5.75 Å². The second kappa shape index (κ2) is 13.7. The predicted octanol–water partition coefficient (Wildman–Crippen LogP) is 4.43. The lowest BCUT2D eigenvalue weighted by molar-refractivity contribution is -0.542. The number of anilines is 1. The number of nitro groups is 2. The van der Waals surface area contributed by atoms with Crippen molar-refractivity contribution in [3.63, 3.8) is 0 Å². The number of carbonyl (C=O) groups excluding carboxylic acids is 1. The Bertz CT molecular complexity index is 2990. The number of nitrogens with one attached hydrogen (secondary N) is 3. The molecule has 1 amide bonds. The van der Waals surface area contributed by atoms with Crippen LogP contribution in [0.1, 0.15) is 62.8 Å². The lowest BCUT2D eigenvalue weighted by Crippen LogP contribution is -2.60. The fourth-order valence-corrected chi connectivity index (χ4v) is 8.83. The van der Waals surface area contributed by atoms with Gasteiger partial charge in [-0.05, 0) is 84.7 Å². The Morgan fingerprint density at radius 3 is 2.18 bits per heavy atom. The summed E-state index contributed by atoms with van der Waals surface area (Å²) in [6.07, 6.45) is 5.64. The van der Waals surface area contributed by atoms with Crippen molar-refractivity contribution in [3.05, 3.63) is 108 Å². The second-order valence-electron chi connectivity index (χ2n) is 15.4. The van der Waals surface area contributed by atoms with Gasteiger partial charge in [-0.2, -0.15) is 0 Å². The number of aryl methyl sites for hydroxylation is 5. The van der Waals surface area contributed by atoms with Crippen molar-refractivity contribution >= 4 is 57.0 Å². The summed E-state index contributed by atoms with van der Waals surface area (Å²) in [6.45, 7) is 3.43. The van der Waals surface area contributed by atoms with Gasteiger partial charge in [0.25, 0.3) is 11.6 Å². The average Bonchev–Trinajstić information content (AvgIpc) is 3.24. The molecule has 19 nitrogen and oxygen atoms in total. The summed E-state index contributed by atoms with van der Waals surface area (Å²) < 4.78 is 2.17. The van der Waals surface area contributed by atoms with E-state index in [-0.39, 0.29) is 34.4 Å². The number of aromatic carboxylic acids is 1. The van der Waals surface area contributed by atoms with Crippen LogP contribution in [0.4, 0.5) is 17.2 Å². The van der Waals surface area contributed by atoms with Gasteiger partial charge in [0, 0.05) is 30.0 Å². The molecule has 2 aliphatic carbocycles. The number of guanidine groups is 1. The second-order valence-corrected chi connectivity index (χ2v) is 15.4. The number of non-ortho nitro benzene ring substituents is 1. The van der Waals surface area contributed by atoms with E-state index >= 15 is 0 Å². The summed E-state index contributed by atoms with van der Waals surface area (Å²) in [6, 6.07) is 10.5. The first-order chi connectivity index (χ1) is 28.9. The fraction of sp³-hybridized carbons (Fsp3) is 0.268. The van der Waals surface area contributed by atoms with E-state index in [9.17, 15) is 40.0 Å². The first-order valence-corrected chi connectivity index (χ1v) is 19.4. The number of hydrogen-bond acceptors (Lipinski definition) is 14. The molecule has 0 fully saturated rings. The highest BCUT2D eigenvalue weighted by atomic mass is 16.6. The maximum atomic E-state index is 13.8. The maximum absolute atomic E-state index is 13.8. The van der Waals surface area contributed by atoms with Crippen molar-refractivity contribution < 1.29 is 34.2 Å². The molecular formula is C41H34N11O8+. The van der Waals surface area contributed by atoms with Crippen molar-refractivity contribution in [2.75, 3.05) is 18.4 Å². The third kappa shape index (κ3) is 5.95. The van der Waals surface area contributed by atoms with Crippen LogP contribution in [-0.4, -0.2) is 86.5 Å². The molecule has 0 saturated heterocycles. The Labute approximate surface area is 338 Å². The molecule has 4 aliphatic rings. The van der Waals surface area contributed by atoms with E-state index in [1.807, 2.05) is 25.3 Å². The lowest BCUT2D eigenvalue weighted by Gasteiger charge is -2.31. The van der Waals surface area contributed by atoms with Crippen LogP contribution in [0.5, 0.6) is 5.75 Å². The number of rotatable bonds is 6. The minimum Gasteiger partial charge on any atom is -0.501 e. The van der Waals surface area contributed by atoms with Crippen LogP contribution in [0.15, 0.2) is 48.7 Å². The van der Waals surface area contributed by atoms with Crippen LogP contribution >= 0.6 is 0 Å². The van der Waals surface area contributed by atoms with Crippen molar-refractivity contribution in [1.82, 2.24) is 35.6 Å². The maximum Gasteiger partial charge on any atom is 0.354 e. The molecule has 0 bridgehead atoms. The zero-order valence-electron chi connectivity index (χ0n) is 31.9. The molecule has 2 aliphatic heterocycles. The average molecular weight is 809 g/mol. The molecule has 10 rings (SSSR count). The Morgan fingerprint density at radius 2 is 1.45 bits per heavy atom.